The number of hydrogen-bond acceptors (Lipinski definition) is 6. The number of rotatable bonds is 8. The lowest BCUT2D eigenvalue weighted by Crippen LogP contribution is -2.31. The molecule has 0 bridgehead atoms. The normalized spacial score (nSPS) is 21.1. The molecule has 4 rings (SSSR count). The van der Waals surface area contributed by atoms with Gasteiger partial charge in [0.15, 0.2) is 0 Å². The highest BCUT2D eigenvalue weighted by atomic mass is 16.5. The Labute approximate surface area is 199 Å². The maximum Gasteiger partial charge on any atom is 0.295 e. The Morgan fingerprint density at radius 3 is 2.71 bits per heavy atom. The van der Waals surface area contributed by atoms with Crippen LogP contribution in [-0.4, -0.2) is 54.2 Å². The van der Waals surface area contributed by atoms with Gasteiger partial charge in [0, 0.05) is 30.7 Å². The third-order valence-electron chi connectivity index (χ3n) is 6.14. The van der Waals surface area contributed by atoms with E-state index < -0.39 is 17.7 Å². The zero-order valence-corrected chi connectivity index (χ0v) is 20.0. The molecule has 34 heavy (non-hydrogen) atoms. The molecule has 2 aliphatic heterocycles. The van der Waals surface area contributed by atoms with Crippen molar-refractivity contribution in [2.24, 2.45) is 0 Å². The molecular weight excluding hydrogens is 434 g/mol. The molecule has 0 saturated carbocycles. The highest BCUT2D eigenvalue weighted by molar-refractivity contribution is 6.46. The fraction of sp³-hybridized carbons (Fsp3) is 0.407. The lowest BCUT2D eigenvalue weighted by atomic mass is 9.94. The summed E-state index contributed by atoms with van der Waals surface area (Å²) in [7, 11) is 1.54. The van der Waals surface area contributed by atoms with Crippen molar-refractivity contribution in [2.75, 3.05) is 20.3 Å². The topological polar surface area (TPSA) is 85.3 Å². The fourth-order valence-corrected chi connectivity index (χ4v) is 4.61. The number of benzene rings is 2. The number of ketones is 1. The van der Waals surface area contributed by atoms with Crippen molar-refractivity contribution >= 4 is 17.4 Å². The highest BCUT2D eigenvalue weighted by Crippen LogP contribution is 2.43. The van der Waals surface area contributed by atoms with Crippen LogP contribution in [0.25, 0.3) is 5.76 Å². The van der Waals surface area contributed by atoms with Crippen LogP contribution in [-0.2, 0) is 20.7 Å². The first-order chi connectivity index (χ1) is 16.3. The van der Waals surface area contributed by atoms with Crippen molar-refractivity contribution in [1.82, 2.24) is 4.90 Å². The molecule has 1 amide bonds. The maximum absolute atomic E-state index is 13.2. The van der Waals surface area contributed by atoms with Gasteiger partial charge >= 0.3 is 0 Å². The van der Waals surface area contributed by atoms with Crippen LogP contribution in [0, 0.1) is 0 Å². The monoisotopic (exact) mass is 465 g/mol. The Kier molecular flexibility index (Phi) is 6.93. The quantitative estimate of drug-likeness (QED) is 0.271. The molecule has 2 aromatic rings. The van der Waals surface area contributed by atoms with Crippen molar-refractivity contribution in [3.05, 3.63) is 64.7 Å². The van der Waals surface area contributed by atoms with E-state index >= 15 is 0 Å². The van der Waals surface area contributed by atoms with Crippen LogP contribution >= 0.6 is 0 Å². The van der Waals surface area contributed by atoms with Crippen LogP contribution in [0.5, 0.6) is 11.5 Å². The minimum Gasteiger partial charge on any atom is -0.507 e. The predicted octanol–water partition coefficient (Wildman–Crippen LogP) is 4.26. The summed E-state index contributed by atoms with van der Waals surface area (Å²) in [5.41, 5.74) is 2.16. The molecule has 2 unspecified atom stereocenters. The van der Waals surface area contributed by atoms with Gasteiger partial charge in [0.05, 0.1) is 24.8 Å². The molecule has 1 fully saturated rings. The van der Waals surface area contributed by atoms with E-state index in [1.807, 2.05) is 45.0 Å². The largest absolute Gasteiger partial charge is 0.507 e. The summed E-state index contributed by atoms with van der Waals surface area (Å²) in [5.74, 6) is -0.225. The molecule has 180 valence electrons. The van der Waals surface area contributed by atoms with Crippen LogP contribution in [0.2, 0.25) is 0 Å². The lowest BCUT2D eigenvalue weighted by molar-refractivity contribution is -0.140. The van der Waals surface area contributed by atoms with E-state index in [9.17, 15) is 14.7 Å². The van der Waals surface area contributed by atoms with Crippen molar-refractivity contribution in [3.63, 3.8) is 0 Å². The zero-order valence-electron chi connectivity index (χ0n) is 20.0. The molecule has 1 saturated heterocycles. The molecular formula is C27H31NO6. The first-order valence-corrected chi connectivity index (χ1v) is 11.6. The Balaban J connectivity index is 1.77. The summed E-state index contributed by atoms with van der Waals surface area (Å²) in [5, 5.41) is 11.3. The lowest BCUT2D eigenvalue weighted by Gasteiger charge is -2.26. The van der Waals surface area contributed by atoms with Gasteiger partial charge in [0.2, 0.25) is 0 Å². The summed E-state index contributed by atoms with van der Waals surface area (Å²) >= 11 is 0. The Bertz CT molecular complexity index is 1120. The number of Topliss-reactive ketones (excluding diaryl/α,β-unsaturated/α-hetero) is 1. The first-order valence-electron chi connectivity index (χ1n) is 11.6. The molecule has 1 N–H and O–H groups in total. The molecule has 0 spiro atoms. The molecule has 2 atom stereocenters. The second kappa shape index (κ2) is 9.89. The van der Waals surface area contributed by atoms with Gasteiger partial charge in [-0.1, -0.05) is 18.2 Å². The second-order valence-corrected chi connectivity index (χ2v) is 8.96. The average Bonchev–Trinajstić information content (AvgIpc) is 3.31. The molecule has 7 nitrogen and oxygen atoms in total. The zero-order chi connectivity index (χ0) is 24.4. The number of hydrogen-bond donors (Lipinski definition) is 1. The number of aliphatic hydroxyl groups excluding tert-OH is 1. The van der Waals surface area contributed by atoms with Crippen molar-refractivity contribution in [1.29, 1.82) is 0 Å². The number of carbonyl (C=O) groups excluding carboxylic acids is 2. The van der Waals surface area contributed by atoms with Gasteiger partial charge in [-0.2, -0.15) is 0 Å². The van der Waals surface area contributed by atoms with Crippen LogP contribution in [0.15, 0.2) is 48.0 Å². The van der Waals surface area contributed by atoms with Crippen molar-refractivity contribution in [3.8, 4) is 11.5 Å². The van der Waals surface area contributed by atoms with E-state index in [1.54, 1.807) is 25.3 Å². The Morgan fingerprint density at radius 1 is 1.21 bits per heavy atom. The summed E-state index contributed by atoms with van der Waals surface area (Å²) < 4.78 is 16.9. The van der Waals surface area contributed by atoms with E-state index in [1.165, 1.54) is 4.90 Å². The number of para-hydroxylation sites is 1. The van der Waals surface area contributed by atoms with E-state index in [0.29, 0.717) is 36.4 Å². The van der Waals surface area contributed by atoms with Crippen molar-refractivity contribution in [2.45, 2.75) is 51.9 Å². The molecule has 7 heteroatoms. The Morgan fingerprint density at radius 2 is 1.97 bits per heavy atom. The minimum absolute atomic E-state index is 0.0552. The van der Waals surface area contributed by atoms with Gasteiger partial charge in [-0.3, -0.25) is 9.59 Å². The van der Waals surface area contributed by atoms with Crippen LogP contribution in [0.3, 0.4) is 0 Å². The van der Waals surface area contributed by atoms with Crippen molar-refractivity contribution < 1.29 is 28.9 Å². The molecule has 0 radical (unpaired) electrons. The molecule has 0 aliphatic carbocycles. The summed E-state index contributed by atoms with van der Waals surface area (Å²) in [4.78, 5) is 27.9. The Hall–Kier alpha value is -3.32. The number of fused-ring (bicyclic) bond motifs is 1. The number of methoxy groups -OCH3 is 1. The van der Waals surface area contributed by atoms with E-state index in [2.05, 4.69) is 0 Å². The fourth-order valence-electron chi connectivity index (χ4n) is 4.61. The number of aliphatic hydroxyl groups is 1. The third kappa shape index (κ3) is 4.53. The van der Waals surface area contributed by atoms with Gasteiger partial charge in [-0.15, -0.1) is 0 Å². The van der Waals surface area contributed by atoms with Crippen LogP contribution < -0.4 is 9.47 Å². The third-order valence-corrected chi connectivity index (χ3v) is 6.14. The number of carbonyl (C=O) groups is 2. The number of likely N-dealkylation sites (tertiary alicyclic amines) is 1. The van der Waals surface area contributed by atoms with Gasteiger partial charge in [-0.25, -0.2) is 0 Å². The minimum atomic E-state index is -0.765. The summed E-state index contributed by atoms with van der Waals surface area (Å²) in [6.45, 7) is 6.65. The molecule has 2 aliphatic rings. The maximum atomic E-state index is 13.2. The van der Waals surface area contributed by atoms with Gasteiger partial charge < -0.3 is 24.2 Å². The number of amides is 1. The molecule has 2 aromatic carbocycles. The number of nitrogens with zero attached hydrogens (tertiary/aromatic N) is 1. The average molecular weight is 466 g/mol. The van der Waals surface area contributed by atoms with Gasteiger partial charge in [0.1, 0.15) is 23.4 Å². The second-order valence-electron chi connectivity index (χ2n) is 8.96. The van der Waals surface area contributed by atoms with Crippen LogP contribution in [0.1, 0.15) is 49.9 Å². The summed E-state index contributed by atoms with van der Waals surface area (Å²) in [6.07, 6.45) is 1.41. The van der Waals surface area contributed by atoms with E-state index in [0.717, 1.165) is 17.7 Å². The molecule has 0 aromatic heterocycles. The van der Waals surface area contributed by atoms with Gasteiger partial charge in [-0.05, 0) is 57.0 Å². The van der Waals surface area contributed by atoms with Crippen LogP contribution in [0.4, 0.5) is 0 Å². The van der Waals surface area contributed by atoms with E-state index in [-0.39, 0.29) is 23.5 Å². The first kappa shape index (κ1) is 23.8. The van der Waals surface area contributed by atoms with E-state index in [4.69, 9.17) is 14.2 Å². The number of ether oxygens (including phenoxy) is 3. The highest BCUT2D eigenvalue weighted by Gasteiger charge is 2.46. The SMILES string of the molecule is COc1ccccc1C1/C(=C(\O)c2ccc3c(c2)CC(C)O3)C(=O)C(=O)N1CCCOC(C)C. The standard InChI is InChI=1S/C27H31NO6/c1-16(2)33-13-7-12-28-24(20-8-5-6-9-22(20)32-4)23(26(30)27(28)31)25(29)18-10-11-21-19(15-18)14-17(3)34-21/h5-6,8-11,15-17,24,29H,7,12-14H2,1-4H3/b25-23+. The smallest absolute Gasteiger partial charge is 0.295 e. The van der Waals surface area contributed by atoms with Gasteiger partial charge in [0.25, 0.3) is 11.7 Å². The summed E-state index contributed by atoms with van der Waals surface area (Å²) in [6, 6.07) is 11.8. The predicted molar refractivity (Wildman–Crippen MR) is 128 cm³/mol. The molecule has 2 heterocycles.